The predicted molar refractivity (Wildman–Crippen MR) is 82.2 cm³/mol. The van der Waals surface area contributed by atoms with Gasteiger partial charge in [-0.2, -0.15) is 0 Å². The maximum atomic E-state index is 11.6. The molecule has 0 aliphatic carbocycles. The van der Waals surface area contributed by atoms with E-state index in [0.29, 0.717) is 19.1 Å². The summed E-state index contributed by atoms with van der Waals surface area (Å²) in [6, 6.07) is -0.601. The molecule has 0 saturated carbocycles. The van der Waals surface area contributed by atoms with Crippen molar-refractivity contribution in [2.75, 3.05) is 19.8 Å². The number of nitrogens with one attached hydrogen (secondary N) is 2. The fourth-order valence-corrected chi connectivity index (χ4v) is 1.31. The molecule has 0 aromatic rings. The second kappa shape index (κ2) is 11.0. The molecule has 2 N–H and O–H groups in total. The van der Waals surface area contributed by atoms with Crippen molar-refractivity contribution in [3.63, 3.8) is 0 Å². The molecule has 1 unspecified atom stereocenters. The van der Waals surface area contributed by atoms with E-state index >= 15 is 0 Å². The lowest BCUT2D eigenvalue weighted by atomic mass is 10.1. The smallest absolute Gasteiger partial charge is 0.335 e. The van der Waals surface area contributed by atoms with Crippen LogP contribution in [0.2, 0.25) is 0 Å². The van der Waals surface area contributed by atoms with Crippen LogP contribution in [-0.4, -0.2) is 43.8 Å². The molecule has 128 valence electrons. The van der Waals surface area contributed by atoms with Crippen molar-refractivity contribution in [2.24, 2.45) is 11.8 Å². The molecular weight excluding hydrogens is 288 g/mol. The zero-order valence-corrected chi connectivity index (χ0v) is 14.1. The molecule has 0 spiro atoms. The molecule has 0 bridgehead atoms. The molecule has 1 atom stereocenters. The van der Waals surface area contributed by atoms with Crippen LogP contribution in [0.1, 0.15) is 41.0 Å². The van der Waals surface area contributed by atoms with Gasteiger partial charge in [0, 0.05) is 13.2 Å². The summed E-state index contributed by atoms with van der Waals surface area (Å²) in [5, 5.41) is 4.61. The van der Waals surface area contributed by atoms with Gasteiger partial charge in [0.2, 0.25) is 0 Å². The summed E-state index contributed by atoms with van der Waals surface area (Å²) in [5.74, 6) is -0.536. The summed E-state index contributed by atoms with van der Waals surface area (Å²) in [5.41, 5.74) is 0. The first kappa shape index (κ1) is 20.4. The van der Waals surface area contributed by atoms with Crippen LogP contribution < -0.4 is 10.6 Å². The normalized spacial score (nSPS) is 12.1. The number of rotatable bonds is 9. The quantitative estimate of drug-likeness (QED) is 0.628. The van der Waals surface area contributed by atoms with Gasteiger partial charge in [-0.1, -0.05) is 27.7 Å². The molecule has 7 heteroatoms. The zero-order chi connectivity index (χ0) is 17.1. The van der Waals surface area contributed by atoms with Crippen molar-refractivity contribution >= 4 is 17.9 Å². The number of ether oxygens (including phenoxy) is 2. The Morgan fingerprint density at radius 1 is 1.00 bits per heavy atom. The molecule has 7 nitrogen and oxygen atoms in total. The molecule has 3 amide bonds. The average molecular weight is 316 g/mol. The van der Waals surface area contributed by atoms with Gasteiger partial charge in [0.15, 0.2) is 12.7 Å². The summed E-state index contributed by atoms with van der Waals surface area (Å²) in [7, 11) is 0. The number of urea groups is 1. The fourth-order valence-electron chi connectivity index (χ4n) is 1.31. The number of hydrogen-bond donors (Lipinski definition) is 2. The summed E-state index contributed by atoms with van der Waals surface area (Å²) in [4.78, 5) is 34.4. The highest BCUT2D eigenvalue weighted by Crippen LogP contribution is 2.02. The molecule has 0 aromatic heterocycles. The van der Waals surface area contributed by atoms with E-state index in [1.54, 1.807) is 6.92 Å². The highest BCUT2D eigenvalue weighted by atomic mass is 16.6. The average Bonchev–Trinajstić information content (AvgIpc) is 2.41. The maximum absolute atomic E-state index is 11.6. The van der Waals surface area contributed by atoms with Gasteiger partial charge in [0.05, 0.1) is 0 Å². The molecule has 0 aliphatic rings. The van der Waals surface area contributed by atoms with E-state index in [1.165, 1.54) is 0 Å². The van der Waals surface area contributed by atoms with Gasteiger partial charge in [-0.05, 0) is 25.2 Å². The van der Waals surface area contributed by atoms with Crippen LogP contribution in [-0.2, 0) is 19.1 Å². The minimum atomic E-state index is -0.735. The molecule has 0 heterocycles. The van der Waals surface area contributed by atoms with Crippen molar-refractivity contribution < 1.29 is 23.9 Å². The fraction of sp³-hybridized carbons (Fsp3) is 0.800. The van der Waals surface area contributed by atoms with Crippen molar-refractivity contribution in [3.05, 3.63) is 0 Å². The number of amides is 3. The number of carbonyl (C=O) groups excluding carboxylic acids is 3. The van der Waals surface area contributed by atoms with Crippen LogP contribution in [0.3, 0.4) is 0 Å². The van der Waals surface area contributed by atoms with Crippen molar-refractivity contribution in [2.45, 2.75) is 47.1 Å². The topological polar surface area (TPSA) is 93.7 Å². The van der Waals surface area contributed by atoms with Gasteiger partial charge >= 0.3 is 12.0 Å². The molecule has 0 rings (SSSR count). The first-order valence-corrected chi connectivity index (χ1v) is 7.58. The molecule has 0 radical (unpaired) electrons. The lowest BCUT2D eigenvalue weighted by Crippen LogP contribution is -2.43. The third-order valence-electron chi connectivity index (χ3n) is 2.66. The lowest BCUT2D eigenvalue weighted by molar-refractivity contribution is -0.159. The molecule has 0 aliphatic heterocycles. The van der Waals surface area contributed by atoms with Crippen LogP contribution in [0, 0.1) is 11.8 Å². The first-order chi connectivity index (χ1) is 10.2. The summed E-state index contributed by atoms with van der Waals surface area (Å²) in [6.07, 6.45) is 0.107. The van der Waals surface area contributed by atoms with Crippen LogP contribution in [0.4, 0.5) is 4.79 Å². The molecule has 22 heavy (non-hydrogen) atoms. The van der Waals surface area contributed by atoms with E-state index in [-0.39, 0.29) is 5.92 Å². The molecule has 0 saturated heterocycles. The maximum Gasteiger partial charge on any atom is 0.335 e. The van der Waals surface area contributed by atoms with Gasteiger partial charge in [-0.15, -0.1) is 0 Å². The second-order valence-electron chi connectivity index (χ2n) is 5.96. The van der Waals surface area contributed by atoms with Gasteiger partial charge in [0.25, 0.3) is 5.91 Å². The van der Waals surface area contributed by atoms with E-state index in [1.807, 2.05) is 13.8 Å². The van der Waals surface area contributed by atoms with Gasteiger partial charge in [-0.3, -0.25) is 10.1 Å². The summed E-state index contributed by atoms with van der Waals surface area (Å²) < 4.78 is 10.1. The Morgan fingerprint density at radius 3 is 2.18 bits per heavy atom. The van der Waals surface area contributed by atoms with E-state index < -0.39 is 30.6 Å². The van der Waals surface area contributed by atoms with Crippen LogP contribution in [0.15, 0.2) is 0 Å². The van der Waals surface area contributed by atoms with Crippen LogP contribution in [0.25, 0.3) is 0 Å². The highest BCUT2D eigenvalue weighted by molar-refractivity contribution is 5.95. The summed E-state index contributed by atoms with van der Waals surface area (Å²) in [6.45, 7) is 9.95. The Hall–Kier alpha value is -1.63. The van der Waals surface area contributed by atoms with Crippen molar-refractivity contribution in [1.82, 2.24) is 10.6 Å². The third-order valence-corrected chi connectivity index (χ3v) is 2.66. The first-order valence-electron chi connectivity index (χ1n) is 7.58. The van der Waals surface area contributed by atoms with Crippen molar-refractivity contribution in [3.8, 4) is 0 Å². The third kappa shape index (κ3) is 11.1. The predicted octanol–water partition coefficient (Wildman–Crippen LogP) is 1.46. The minimum absolute atomic E-state index is 0.280. The van der Waals surface area contributed by atoms with E-state index in [4.69, 9.17) is 9.47 Å². The van der Waals surface area contributed by atoms with E-state index in [9.17, 15) is 14.4 Å². The van der Waals surface area contributed by atoms with E-state index in [2.05, 4.69) is 24.5 Å². The molecule has 0 aromatic carbocycles. The Labute approximate surface area is 132 Å². The van der Waals surface area contributed by atoms with E-state index in [0.717, 1.165) is 6.42 Å². The zero-order valence-electron chi connectivity index (χ0n) is 14.1. The minimum Gasteiger partial charge on any atom is -0.454 e. The van der Waals surface area contributed by atoms with Gasteiger partial charge in [-0.25, -0.2) is 9.59 Å². The monoisotopic (exact) mass is 316 g/mol. The van der Waals surface area contributed by atoms with Crippen molar-refractivity contribution in [1.29, 1.82) is 0 Å². The lowest BCUT2D eigenvalue weighted by Gasteiger charge is -2.13. The molecular formula is C15H28N2O5. The Balaban J connectivity index is 3.88. The number of esters is 1. The Morgan fingerprint density at radius 2 is 1.64 bits per heavy atom. The SMILES string of the molecule is CC(C)CCOC(C)C(=O)OCC(=O)NC(=O)NCC(C)C. The standard InChI is InChI=1S/C15H28N2O5/c1-10(2)6-7-21-12(5)14(19)22-9-13(18)17-15(20)16-8-11(3)4/h10-12H,6-9H2,1-5H3,(H2,16,17,18,20). The number of imide groups is 1. The number of carbonyl (C=O) groups is 3. The highest BCUT2D eigenvalue weighted by Gasteiger charge is 2.17. The summed E-state index contributed by atoms with van der Waals surface area (Å²) >= 11 is 0. The van der Waals surface area contributed by atoms with Gasteiger partial charge < -0.3 is 14.8 Å². The molecule has 0 fully saturated rings. The Kier molecular flexibility index (Phi) is 10.2. The van der Waals surface area contributed by atoms with Crippen LogP contribution >= 0.6 is 0 Å². The van der Waals surface area contributed by atoms with Gasteiger partial charge in [0.1, 0.15) is 0 Å². The second-order valence-corrected chi connectivity index (χ2v) is 5.96. The number of hydrogen-bond acceptors (Lipinski definition) is 5. The van der Waals surface area contributed by atoms with Crippen LogP contribution in [0.5, 0.6) is 0 Å². The Bertz CT molecular complexity index is 369. The largest absolute Gasteiger partial charge is 0.454 e.